The third-order valence-corrected chi connectivity index (χ3v) is 6.92. The summed E-state index contributed by atoms with van der Waals surface area (Å²) in [6.45, 7) is 2.99. The highest BCUT2D eigenvalue weighted by atomic mass is 16.7. The van der Waals surface area contributed by atoms with E-state index in [1.165, 1.54) is 0 Å². The van der Waals surface area contributed by atoms with E-state index in [0.29, 0.717) is 32.5 Å². The molecule has 4 rings (SSSR count). The van der Waals surface area contributed by atoms with Gasteiger partial charge >= 0.3 is 0 Å². The lowest BCUT2D eigenvalue weighted by Gasteiger charge is -2.54. The zero-order valence-corrected chi connectivity index (χ0v) is 16.0. The Balaban J connectivity index is 1.81. The zero-order chi connectivity index (χ0) is 20.0. The minimum atomic E-state index is -1.81. The van der Waals surface area contributed by atoms with Crippen molar-refractivity contribution in [2.45, 2.75) is 69.5 Å². The second-order valence-corrected chi connectivity index (χ2v) is 8.16. The molecule has 0 aromatic carbocycles. The van der Waals surface area contributed by atoms with Crippen LogP contribution in [0.4, 0.5) is 0 Å². The molecule has 148 valence electrons. The molecule has 0 radical (unpaired) electrons. The Labute approximate surface area is 164 Å². The Morgan fingerprint density at radius 3 is 2.39 bits per heavy atom. The van der Waals surface area contributed by atoms with Crippen LogP contribution in [0.1, 0.15) is 51.9 Å². The summed E-state index contributed by atoms with van der Waals surface area (Å²) in [4.78, 5) is 0. The van der Waals surface area contributed by atoms with Gasteiger partial charge in [-0.2, -0.15) is 15.8 Å². The van der Waals surface area contributed by atoms with Gasteiger partial charge in [-0.3, -0.25) is 5.41 Å². The first kappa shape index (κ1) is 19.2. The molecule has 4 aliphatic rings. The average Bonchev–Trinajstić information content (AvgIpc) is 3.23. The SMILES string of the molecule is CCCCCC1OC23CCC4(CC2C(C#N)(C(=N)O3)C1(C#N)C#N)OCCO4. The van der Waals surface area contributed by atoms with Crippen molar-refractivity contribution < 1.29 is 18.9 Å². The number of hydrogen-bond donors (Lipinski definition) is 1. The smallest absolute Gasteiger partial charge is 0.217 e. The second kappa shape index (κ2) is 6.42. The maximum absolute atomic E-state index is 10.3. The second-order valence-electron chi connectivity index (χ2n) is 8.16. The number of ether oxygens (including phenoxy) is 4. The van der Waals surface area contributed by atoms with E-state index >= 15 is 0 Å². The van der Waals surface area contributed by atoms with Crippen molar-refractivity contribution in [1.82, 2.24) is 0 Å². The van der Waals surface area contributed by atoms with E-state index in [4.69, 9.17) is 24.4 Å². The van der Waals surface area contributed by atoms with E-state index in [2.05, 4.69) is 25.1 Å². The summed E-state index contributed by atoms with van der Waals surface area (Å²) in [6, 6.07) is 6.37. The number of nitrogens with zero attached hydrogens (tertiary/aromatic N) is 3. The van der Waals surface area contributed by atoms with Crippen LogP contribution in [0.2, 0.25) is 0 Å². The van der Waals surface area contributed by atoms with Gasteiger partial charge in [0.05, 0.1) is 43.4 Å². The third-order valence-electron chi connectivity index (χ3n) is 6.92. The molecule has 1 saturated carbocycles. The summed E-state index contributed by atoms with van der Waals surface area (Å²) in [5.74, 6) is -3.05. The van der Waals surface area contributed by atoms with Crippen molar-refractivity contribution in [3.8, 4) is 18.2 Å². The van der Waals surface area contributed by atoms with Crippen LogP contribution in [0.5, 0.6) is 0 Å². The third kappa shape index (κ3) is 2.16. The molecule has 28 heavy (non-hydrogen) atoms. The van der Waals surface area contributed by atoms with Crippen LogP contribution in [0, 0.1) is 56.2 Å². The van der Waals surface area contributed by atoms with Gasteiger partial charge in [0, 0.05) is 19.3 Å². The molecule has 8 heteroatoms. The molecule has 1 aliphatic carbocycles. The summed E-state index contributed by atoms with van der Waals surface area (Å²) in [5.41, 5.74) is -3.51. The Hall–Kier alpha value is -2.18. The van der Waals surface area contributed by atoms with Crippen molar-refractivity contribution in [3.05, 3.63) is 0 Å². The van der Waals surface area contributed by atoms with Gasteiger partial charge in [-0.05, 0) is 6.42 Å². The summed E-state index contributed by atoms with van der Waals surface area (Å²) in [6.07, 6.45) is 3.56. The van der Waals surface area contributed by atoms with Crippen molar-refractivity contribution in [3.63, 3.8) is 0 Å². The predicted molar refractivity (Wildman–Crippen MR) is 94.2 cm³/mol. The molecule has 3 aliphatic heterocycles. The lowest BCUT2D eigenvalue weighted by Crippen LogP contribution is -2.65. The Morgan fingerprint density at radius 1 is 1.07 bits per heavy atom. The van der Waals surface area contributed by atoms with Gasteiger partial charge in [0.15, 0.2) is 16.6 Å². The number of hydrogen-bond acceptors (Lipinski definition) is 8. The molecule has 1 spiro atoms. The lowest BCUT2D eigenvalue weighted by molar-refractivity contribution is -0.329. The Bertz CT molecular complexity index is 788. The molecule has 4 unspecified atom stereocenters. The van der Waals surface area contributed by atoms with Crippen LogP contribution >= 0.6 is 0 Å². The maximum Gasteiger partial charge on any atom is 0.217 e. The normalized spacial score (nSPS) is 39.4. The van der Waals surface area contributed by atoms with Gasteiger partial charge in [0.25, 0.3) is 0 Å². The van der Waals surface area contributed by atoms with Gasteiger partial charge in [0.1, 0.15) is 0 Å². The minimum absolute atomic E-state index is 0.260. The first-order chi connectivity index (χ1) is 13.5. The summed E-state index contributed by atoms with van der Waals surface area (Å²) >= 11 is 0. The standard InChI is InChI=1S/C20H24N4O4/c1-2-3-4-5-15-17(11-21,12-22)19(13-23)14-10-18(25-8-9-26-18)6-7-20(14,27-15)28-16(19)24/h14-15,24H,2-10H2,1H3. The number of unbranched alkanes of at least 4 members (excludes halogenated alkanes) is 2. The first-order valence-electron chi connectivity index (χ1n) is 9.95. The van der Waals surface area contributed by atoms with Crippen molar-refractivity contribution >= 4 is 5.90 Å². The number of nitrogens with one attached hydrogen (secondary N) is 1. The van der Waals surface area contributed by atoms with Crippen molar-refractivity contribution in [2.24, 2.45) is 16.7 Å². The van der Waals surface area contributed by atoms with Crippen LogP contribution in [-0.2, 0) is 18.9 Å². The van der Waals surface area contributed by atoms with Crippen LogP contribution in [0.25, 0.3) is 0 Å². The molecule has 0 aromatic heterocycles. The van der Waals surface area contributed by atoms with Gasteiger partial charge in [-0.1, -0.05) is 26.2 Å². The van der Waals surface area contributed by atoms with Crippen molar-refractivity contribution in [1.29, 1.82) is 21.2 Å². The number of nitriles is 3. The first-order valence-corrected chi connectivity index (χ1v) is 9.95. The molecule has 3 heterocycles. The highest BCUT2D eigenvalue weighted by molar-refractivity contribution is 5.89. The maximum atomic E-state index is 10.3. The summed E-state index contributed by atoms with van der Waals surface area (Å²) in [7, 11) is 0. The molecule has 0 aromatic rings. The monoisotopic (exact) mass is 384 g/mol. The fourth-order valence-corrected chi connectivity index (χ4v) is 5.50. The van der Waals surface area contributed by atoms with Crippen LogP contribution in [0.15, 0.2) is 0 Å². The van der Waals surface area contributed by atoms with Crippen molar-refractivity contribution in [2.75, 3.05) is 13.2 Å². The molecule has 2 bridgehead atoms. The Morgan fingerprint density at radius 2 is 1.79 bits per heavy atom. The zero-order valence-electron chi connectivity index (χ0n) is 16.0. The van der Waals surface area contributed by atoms with Crippen LogP contribution < -0.4 is 0 Å². The van der Waals surface area contributed by atoms with E-state index in [-0.39, 0.29) is 12.3 Å². The fraction of sp³-hybridized carbons (Fsp3) is 0.800. The fourth-order valence-electron chi connectivity index (χ4n) is 5.50. The van der Waals surface area contributed by atoms with E-state index < -0.39 is 34.4 Å². The highest BCUT2D eigenvalue weighted by Gasteiger charge is 2.81. The molecule has 0 amide bonds. The quantitative estimate of drug-likeness (QED) is 0.737. The molecule has 8 nitrogen and oxygen atoms in total. The van der Waals surface area contributed by atoms with E-state index in [1.807, 2.05) is 0 Å². The Kier molecular flexibility index (Phi) is 4.39. The molecule has 3 saturated heterocycles. The van der Waals surface area contributed by atoms with Gasteiger partial charge in [-0.15, -0.1) is 0 Å². The largest absolute Gasteiger partial charge is 0.447 e. The van der Waals surface area contributed by atoms with Gasteiger partial charge < -0.3 is 18.9 Å². The van der Waals surface area contributed by atoms with Gasteiger partial charge in [-0.25, -0.2) is 0 Å². The van der Waals surface area contributed by atoms with Crippen LogP contribution in [0.3, 0.4) is 0 Å². The van der Waals surface area contributed by atoms with E-state index in [0.717, 1.165) is 19.3 Å². The summed E-state index contributed by atoms with van der Waals surface area (Å²) in [5, 5.41) is 39.1. The van der Waals surface area contributed by atoms with E-state index in [9.17, 15) is 15.8 Å². The molecule has 4 fully saturated rings. The van der Waals surface area contributed by atoms with E-state index in [1.54, 1.807) is 0 Å². The van der Waals surface area contributed by atoms with Gasteiger partial charge in [0.2, 0.25) is 11.7 Å². The predicted octanol–water partition coefficient (Wildman–Crippen LogP) is 2.76. The number of rotatable bonds is 4. The van der Waals surface area contributed by atoms with Crippen LogP contribution in [-0.4, -0.2) is 36.8 Å². The molecular formula is C20H24N4O4. The molecule has 4 atom stereocenters. The molecule has 1 N–H and O–H groups in total. The summed E-state index contributed by atoms with van der Waals surface area (Å²) < 4.78 is 23.9. The average molecular weight is 384 g/mol. The molecular weight excluding hydrogens is 360 g/mol. The lowest BCUT2D eigenvalue weighted by atomic mass is 9.51. The minimum Gasteiger partial charge on any atom is -0.447 e. The highest BCUT2D eigenvalue weighted by Crippen LogP contribution is 2.68. The topological polar surface area (TPSA) is 132 Å².